The summed E-state index contributed by atoms with van der Waals surface area (Å²) in [7, 11) is -1.81. The van der Waals surface area contributed by atoms with Gasteiger partial charge in [0.25, 0.3) is 0 Å². The molecule has 0 radical (unpaired) electrons. The van der Waals surface area contributed by atoms with E-state index in [0.717, 1.165) is 6.26 Å². The highest BCUT2D eigenvalue weighted by atomic mass is 35.5. The van der Waals surface area contributed by atoms with E-state index in [1.54, 1.807) is 6.07 Å². The van der Waals surface area contributed by atoms with E-state index in [1.165, 1.54) is 13.2 Å². The maximum absolute atomic E-state index is 11.0. The molecule has 0 amide bonds. The van der Waals surface area contributed by atoms with Crippen LogP contribution < -0.4 is 9.46 Å². The van der Waals surface area contributed by atoms with Crippen LogP contribution in [-0.2, 0) is 16.6 Å². The monoisotopic (exact) mass is 283 g/mol. The quantitative estimate of drug-likeness (QED) is 0.920. The number of halogens is 2. The Balaban J connectivity index is 3.03. The van der Waals surface area contributed by atoms with Crippen molar-refractivity contribution in [2.24, 2.45) is 0 Å². The molecule has 7 heteroatoms. The van der Waals surface area contributed by atoms with Gasteiger partial charge in [0.15, 0.2) is 0 Å². The second-order valence-corrected chi connectivity index (χ2v) is 5.85. The number of ether oxygens (including phenoxy) is 1. The molecule has 1 N–H and O–H groups in total. The van der Waals surface area contributed by atoms with Gasteiger partial charge in [0.2, 0.25) is 10.0 Å². The van der Waals surface area contributed by atoms with Gasteiger partial charge in [-0.25, -0.2) is 13.1 Å². The van der Waals surface area contributed by atoms with Crippen molar-refractivity contribution in [2.75, 3.05) is 13.4 Å². The Morgan fingerprint density at radius 1 is 1.38 bits per heavy atom. The van der Waals surface area contributed by atoms with Crippen LogP contribution in [0.3, 0.4) is 0 Å². The minimum absolute atomic E-state index is 0.0856. The molecule has 16 heavy (non-hydrogen) atoms. The van der Waals surface area contributed by atoms with Gasteiger partial charge < -0.3 is 4.74 Å². The summed E-state index contributed by atoms with van der Waals surface area (Å²) in [5.41, 5.74) is 0.588. The molecule has 0 aromatic heterocycles. The Bertz CT molecular complexity index is 488. The second-order valence-electron chi connectivity index (χ2n) is 3.17. The minimum Gasteiger partial charge on any atom is -0.495 e. The van der Waals surface area contributed by atoms with Gasteiger partial charge in [0, 0.05) is 17.1 Å². The van der Waals surface area contributed by atoms with Gasteiger partial charge in [-0.05, 0) is 12.1 Å². The van der Waals surface area contributed by atoms with Crippen LogP contribution in [0.4, 0.5) is 0 Å². The third kappa shape index (κ3) is 3.83. The van der Waals surface area contributed by atoms with Gasteiger partial charge in [-0.2, -0.15) is 0 Å². The number of hydrogen-bond donors (Lipinski definition) is 1. The highest BCUT2D eigenvalue weighted by Gasteiger charge is 2.11. The lowest BCUT2D eigenvalue weighted by molar-refractivity contribution is 0.409. The number of methoxy groups -OCH3 is 1. The number of sulfonamides is 1. The van der Waals surface area contributed by atoms with Crippen LogP contribution in [0, 0.1) is 0 Å². The summed E-state index contributed by atoms with van der Waals surface area (Å²) in [5.74, 6) is 0.419. The van der Waals surface area contributed by atoms with Gasteiger partial charge in [-0.1, -0.05) is 23.2 Å². The summed E-state index contributed by atoms with van der Waals surface area (Å²) < 4.78 is 29.3. The number of hydrogen-bond acceptors (Lipinski definition) is 3. The van der Waals surface area contributed by atoms with E-state index in [-0.39, 0.29) is 6.54 Å². The van der Waals surface area contributed by atoms with Gasteiger partial charge >= 0.3 is 0 Å². The Morgan fingerprint density at radius 2 is 2.00 bits per heavy atom. The molecule has 0 saturated carbocycles. The van der Waals surface area contributed by atoms with Crippen LogP contribution in [0.2, 0.25) is 10.0 Å². The molecule has 4 nitrogen and oxygen atoms in total. The predicted molar refractivity (Wildman–Crippen MR) is 64.7 cm³/mol. The van der Waals surface area contributed by atoms with Crippen molar-refractivity contribution in [2.45, 2.75) is 6.54 Å². The SMILES string of the molecule is COc1c(Cl)cc(Cl)cc1CNS(C)(=O)=O. The molecule has 0 unspecified atom stereocenters. The van der Waals surface area contributed by atoms with Crippen molar-refractivity contribution < 1.29 is 13.2 Å². The summed E-state index contributed by atoms with van der Waals surface area (Å²) >= 11 is 11.7. The lowest BCUT2D eigenvalue weighted by Gasteiger charge is -2.11. The smallest absolute Gasteiger partial charge is 0.209 e. The van der Waals surface area contributed by atoms with Crippen molar-refractivity contribution >= 4 is 33.2 Å². The predicted octanol–water partition coefficient (Wildman–Crippen LogP) is 2.05. The Labute approximate surface area is 105 Å². The lowest BCUT2D eigenvalue weighted by Crippen LogP contribution is -2.21. The minimum atomic E-state index is -3.26. The number of rotatable bonds is 4. The summed E-state index contributed by atoms with van der Waals surface area (Å²) in [6, 6.07) is 3.14. The normalized spacial score (nSPS) is 11.5. The largest absolute Gasteiger partial charge is 0.495 e. The standard InChI is InChI=1S/C9H11Cl2NO3S/c1-15-9-6(5-12-16(2,13)14)3-7(10)4-8(9)11/h3-4,12H,5H2,1-2H3. The van der Waals surface area contributed by atoms with Gasteiger partial charge in [-0.15, -0.1) is 0 Å². The average molecular weight is 284 g/mol. The first-order valence-corrected chi connectivity index (χ1v) is 6.95. The first-order valence-electron chi connectivity index (χ1n) is 4.30. The zero-order chi connectivity index (χ0) is 12.3. The van der Waals surface area contributed by atoms with E-state index in [0.29, 0.717) is 21.4 Å². The first kappa shape index (κ1) is 13.6. The van der Waals surface area contributed by atoms with Crippen LogP contribution in [0.1, 0.15) is 5.56 Å². The molecule has 0 aliphatic carbocycles. The van der Waals surface area contributed by atoms with E-state index >= 15 is 0 Å². The fraction of sp³-hybridized carbons (Fsp3) is 0.333. The molecule has 0 atom stereocenters. The maximum Gasteiger partial charge on any atom is 0.209 e. The van der Waals surface area contributed by atoms with Crippen molar-refractivity contribution in [3.63, 3.8) is 0 Å². The molecule has 0 saturated heterocycles. The molecule has 0 fully saturated rings. The van der Waals surface area contributed by atoms with E-state index in [2.05, 4.69) is 4.72 Å². The van der Waals surface area contributed by atoms with Gasteiger partial charge in [0.1, 0.15) is 5.75 Å². The fourth-order valence-electron chi connectivity index (χ4n) is 1.18. The van der Waals surface area contributed by atoms with E-state index in [4.69, 9.17) is 27.9 Å². The zero-order valence-corrected chi connectivity index (χ0v) is 11.1. The first-order chi connectivity index (χ1) is 7.33. The Morgan fingerprint density at radius 3 is 2.50 bits per heavy atom. The third-order valence-corrected chi connectivity index (χ3v) is 2.98. The van der Waals surface area contributed by atoms with Crippen molar-refractivity contribution in [3.05, 3.63) is 27.7 Å². The van der Waals surface area contributed by atoms with Crippen LogP contribution >= 0.6 is 23.2 Å². The summed E-state index contributed by atoms with van der Waals surface area (Å²) in [5, 5.41) is 0.774. The molecular formula is C9H11Cl2NO3S. The topological polar surface area (TPSA) is 55.4 Å². The molecule has 1 aromatic carbocycles. The third-order valence-electron chi connectivity index (χ3n) is 1.81. The summed E-state index contributed by atoms with van der Waals surface area (Å²) in [6.45, 7) is 0.0856. The highest BCUT2D eigenvalue weighted by molar-refractivity contribution is 7.88. The number of nitrogens with one attached hydrogen (secondary N) is 1. The lowest BCUT2D eigenvalue weighted by atomic mass is 10.2. The van der Waals surface area contributed by atoms with Crippen LogP contribution in [-0.4, -0.2) is 21.8 Å². The highest BCUT2D eigenvalue weighted by Crippen LogP contribution is 2.32. The van der Waals surface area contributed by atoms with Gasteiger partial charge in [0.05, 0.1) is 18.4 Å². The molecule has 1 aromatic rings. The summed E-state index contributed by atoms with van der Waals surface area (Å²) in [4.78, 5) is 0. The molecule has 90 valence electrons. The van der Waals surface area contributed by atoms with E-state index in [1.807, 2.05) is 0 Å². The van der Waals surface area contributed by atoms with Crippen LogP contribution in [0.15, 0.2) is 12.1 Å². The molecule has 0 bridgehead atoms. The Hall–Kier alpha value is -0.490. The van der Waals surface area contributed by atoms with E-state index in [9.17, 15) is 8.42 Å². The second kappa shape index (κ2) is 5.23. The molecule has 0 spiro atoms. The Kier molecular flexibility index (Phi) is 4.43. The molecular weight excluding hydrogens is 273 g/mol. The fourth-order valence-corrected chi connectivity index (χ4v) is 2.21. The summed E-state index contributed by atoms with van der Waals surface area (Å²) in [6.07, 6.45) is 1.08. The van der Waals surface area contributed by atoms with E-state index < -0.39 is 10.0 Å². The van der Waals surface area contributed by atoms with Crippen molar-refractivity contribution in [1.82, 2.24) is 4.72 Å². The molecule has 0 aliphatic rings. The van der Waals surface area contributed by atoms with Crippen molar-refractivity contribution in [3.8, 4) is 5.75 Å². The van der Waals surface area contributed by atoms with Crippen molar-refractivity contribution in [1.29, 1.82) is 0 Å². The zero-order valence-electron chi connectivity index (χ0n) is 8.75. The molecule has 0 heterocycles. The maximum atomic E-state index is 11.0. The number of benzene rings is 1. The molecule has 1 rings (SSSR count). The van der Waals surface area contributed by atoms with Gasteiger partial charge in [-0.3, -0.25) is 0 Å². The average Bonchev–Trinajstić information content (AvgIpc) is 2.12. The van der Waals surface area contributed by atoms with Crippen LogP contribution in [0.25, 0.3) is 0 Å². The molecule has 0 aliphatic heterocycles. The van der Waals surface area contributed by atoms with Crippen LogP contribution in [0.5, 0.6) is 5.75 Å².